The highest BCUT2D eigenvalue weighted by Gasteiger charge is 2.44. The van der Waals surface area contributed by atoms with E-state index in [0.29, 0.717) is 0 Å². The maximum atomic E-state index is 4.14. The Balaban J connectivity index is 1.20. The first-order valence-corrected chi connectivity index (χ1v) is 22.8. The molecule has 0 atom stereocenters. The molecule has 12 rings (SSSR count). The summed E-state index contributed by atoms with van der Waals surface area (Å²) in [5.41, 5.74) is 23.0. The van der Waals surface area contributed by atoms with Crippen LogP contribution in [-0.2, 0) is 21.7 Å². The molecule has 2 nitrogen and oxygen atoms in total. The molecule has 0 saturated heterocycles. The fourth-order valence-electron chi connectivity index (χ4n) is 11.9. The lowest BCUT2D eigenvalue weighted by atomic mass is 9.55. The molecule has 7 aromatic carbocycles. The summed E-state index contributed by atoms with van der Waals surface area (Å²) in [6, 6.07) is 49.1. The molecule has 4 heteroatoms. The van der Waals surface area contributed by atoms with Crippen molar-refractivity contribution in [3.63, 3.8) is 0 Å². The SMILES string of the molecule is CC1(C)CCC(C)(C)c2cc(Nc3ccc4c(c3-c3cc5c(sc6ccccc65)c5c3Bc3cccc6c3N5c3ccccc3C6(C)C)-c3ccccc3C4(C)C)ccc21. The van der Waals surface area contributed by atoms with Gasteiger partial charge in [-0.2, -0.15) is 0 Å². The number of fused-ring (bicyclic) bond motifs is 12. The van der Waals surface area contributed by atoms with E-state index in [1.807, 2.05) is 11.3 Å². The lowest BCUT2D eigenvalue weighted by molar-refractivity contribution is 0.332. The van der Waals surface area contributed by atoms with Gasteiger partial charge in [0.1, 0.15) is 0 Å². The van der Waals surface area contributed by atoms with Crippen LogP contribution in [0.5, 0.6) is 0 Å². The summed E-state index contributed by atoms with van der Waals surface area (Å²) in [7, 11) is 0.864. The largest absolute Gasteiger partial charge is 0.355 e. The van der Waals surface area contributed by atoms with Gasteiger partial charge in [0.15, 0.2) is 7.28 Å². The number of hydrogen-bond acceptors (Lipinski definition) is 3. The molecule has 294 valence electrons. The van der Waals surface area contributed by atoms with Gasteiger partial charge in [-0.15, -0.1) is 11.3 Å². The number of nitrogens with zero attached hydrogens (tertiary/aromatic N) is 1. The molecular weight excluding hydrogens is 744 g/mol. The molecule has 0 fully saturated rings. The standard InChI is InChI=1S/C56H51BN2S/c1-53(2)28-29-54(3,4)42-30-32(24-25-38(42)53)58-44-27-26-40-47(34-17-9-11-18-37(34)55(40,5)6)48(44)36-31-35-33-16-10-14-23-46(33)60-52(35)51-49(36)57-43-21-15-20-41-50(43)59(51)45-22-13-12-19-39(45)56(41,7)8/h9-27,30-31,57-58H,28-29H2,1-8H3. The van der Waals surface area contributed by atoms with Gasteiger partial charge in [-0.3, -0.25) is 0 Å². The lowest BCUT2D eigenvalue weighted by Gasteiger charge is -2.46. The van der Waals surface area contributed by atoms with Crippen LogP contribution in [0.1, 0.15) is 102 Å². The smallest absolute Gasteiger partial charge is 0.198 e. The second-order valence-electron chi connectivity index (χ2n) is 20.4. The Kier molecular flexibility index (Phi) is 7.28. The van der Waals surface area contributed by atoms with E-state index in [1.165, 1.54) is 117 Å². The van der Waals surface area contributed by atoms with E-state index >= 15 is 0 Å². The van der Waals surface area contributed by atoms with Gasteiger partial charge in [-0.1, -0.05) is 152 Å². The molecular formula is C56H51BN2S. The van der Waals surface area contributed by atoms with Gasteiger partial charge in [0, 0.05) is 48.9 Å². The molecule has 3 heterocycles. The van der Waals surface area contributed by atoms with Crippen molar-refractivity contribution < 1.29 is 0 Å². The van der Waals surface area contributed by atoms with Crippen LogP contribution in [0.4, 0.5) is 28.4 Å². The van der Waals surface area contributed by atoms with Gasteiger partial charge in [0.25, 0.3) is 0 Å². The van der Waals surface area contributed by atoms with Gasteiger partial charge in [0.05, 0.1) is 16.1 Å². The van der Waals surface area contributed by atoms with E-state index < -0.39 is 0 Å². The summed E-state index contributed by atoms with van der Waals surface area (Å²) in [4.78, 5) is 2.67. The minimum Gasteiger partial charge on any atom is -0.355 e. The Morgan fingerprint density at radius 3 is 2.05 bits per heavy atom. The topological polar surface area (TPSA) is 15.3 Å². The lowest BCUT2D eigenvalue weighted by Crippen LogP contribution is -2.45. The van der Waals surface area contributed by atoms with Crippen molar-refractivity contribution in [2.45, 2.75) is 89.9 Å². The Morgan fingerprint density at radius 1 is 0.533 bits per heavy atom. The van der Waals surface area contributed by atoms with Crippen molar-refractivity contribution >= 4 is 78.2 Å². The van der Waals surface area contributed by atoms with Crippen molar-refractivity contribution in [1.29, 1.82) is 0 Å². The first-order valence-electron chi connectivity index (χ1n) is 21.9. The van der Waals surface area contributed by atoms with E-state index in [4.69, 9.17) is 0 Å². The normalized spacial score (nSPS) is 17.8. The number of thiophene rings is 1. The van der Waals surface area contributed by atoms with Crippen molar-refractivity contribution in [2.75, 3.05) is 10.2 Å². The minimum atomic E-state index is -0.140. The number of anilines is 5. The molecule has 0 unspecified atom stereocenters. The number of benzene rings is 7. The van der Waals surface area contributed by atoms with E-state index in [0.717, 1.165) is 18.7 Å². The third-order valence-corrected chi connectivity index (χ3v) is 16.5. The minimum absolute atomic E-state index is 0.113. The Morgan fingerprint density at radius 2 is 1.22 bits per heavy atom. The molecule has 0 saturated carbocycles. The maximum absolute atomic E-state index is 4.14. The quantitative estimate of drug-likeness (QED) is 0.179. The van der Waals surface area contributed by atoms with Crippen LogP contribution in [-0.4, -0.2) is 7.28 Å². The molecule has 2 aliphatic heterocycles. The summed E-state index contributed by atoms with van der Waals surface area (Å²) < 4.78 is 2.70. The molecule has 0 spiro atoms. The predicted molar refractivity (Wildman–Crippen MR) is 261 cm³/mol. The van der Waals surface area contributed by atoms with Gasteiger partial charge in [-0.05, 0) is 116 Å². The van der Waals surface area contributed by atoms with Crippen LogP contribution in [0, 0.1) is 0 Å². The molecule has 0 radical (unpaired) electrons. The van der Waals surface area contributed by atoms with Crippen LogP contribution >= 0.6 is 11.3 Å². The van der Waals surface area contributed by atoms with Gasteiger partial charge in [0.2, 0.25) is 0 Å². The fourth-order valence-corrected chi connectivity index (χ4v) is 13.2. The summed E-state index contributed by atoms with van der Waals surface area (Å²) in [6.45, 7) is 19.3. The van der Waals surface area contributed by atoms with Crippen LogP contribution in [0.15, 0.2) is 127 Å². The van der Waals surface area contributed by atoms with E-state index in [2.05, 4.69) is 193 Å². The van der Waals surface area contributed by atoms with Crippen molar-refractivity contribution in [2.24, 2.45) is 0 Å². The highest BCUT2D eigenvalue weighted by atomic mass is 32.1. The molecule has 1 N–H and O–H groups in total. The van der Waals surface area contributed by atoms with Crippen molar-refractivity contribution in [1.82, 2.24) is 0 Å². The molecule has 4 aliphatic rings. The highest BCUT2D eigenvalue weighted by molar-refractivity contribution is 7.26. The third kappa shape index (κ3) is 4.77. The van der Waals surface area contributed by atoms with Crippen molar-refractivity contribution in [3.05, 3.63) is 161 Å². The zero-order valence-corrected chi connectivity index (χ0v) is 36.9. The van der Waals surface area contributed by atoms with Gasteiger partial charge in [-0.25, -0.2) is 0 Å². The monoisotopic (exact) mass is 794 g/mol. The molecule has 0 amide bonds. The zero-order valence-electron chi connectivity index (χ0n) is 36.1. The maximum Gasteiger partial charge on any atom is 0.198 e. The van der Waals surface area contributed by atoms with Crippen LogP contribution in [0.2, 0.25) is 0 Å². The third-order valence-electron chi connectivity index (χ3n) is 15.3. The van der Waals surface area contributed by atoms with Crippen LogP contribution in [0.25, 0.3) is 42.4 Å². The average molecular weight is 795 g/mol. The van der Waals surface area contributed by atoms with Gasteiger partial charge < -0.3 is 10.2 Å². The number of nitrogens with one attached hydrogen (secondary N) is 1. The number of rotatable bonds is 3. The van der Waals surface area contributed by atoms with E-state index in [-0.39, 0.29) is 21.7 Å². The Bertz CT molecular complexity index is 3180. The summed E-state index contributed by atoms with van der Waals surface area (Å²) in [5, 5.41) is 6.80. The first kappa shape index (κ1) is 36.3. The fraction of sp³-hybridized carbons (Fsp3) is 0.250. The average Bonchev–Trinajstić information content (AvgIpc) is 3.72. The molecule has 8 aromatic rings. The summed E-state index contributed by atoms with van der Waals surface area (Å²) in [6.07, 6.45) is 2.39. The second-order valence-corrected chi connectivity index (χ2v) is 21.5. The molecule has 60 heavy (non-hydrogen) atoms. The highest BCUT2D eigenvalue weighted by Crippen LogP contribution is 2.58. The molecule has 2 aliphatic carbocycles. The van der Waals surface area contributed by atoms with E-state index in [9.17, 15) is 0 Å². The van der Waals surface area contributed by atoms with Gasteiger partial charge >= 0.3 is 0 Å². The van der Waals surface area contributed by atoms with E-state index in [1.54, 1.807) is 0 Å². The summed E-state index contributed by atoms with van der Waals surface area (Å²) >= 11 is 1.95. The Labute approximate surface area is 359 Å². The predicted octanol–water partition coefficient (Wildman–Crippen LogP) is 13.9. The Hall–Kier alpha value is -5.58. The number of hydrogen-bond donors (Lipinski definition) is 1. The van der Waals surface area contributed by atoms with Crippen LogP contribution in [0.3, 0.4) is 0 Å². The second kappa shape index (κ2) is 12.0. The number of para-hydroxylation sites is 2. The molecule has 0 bridgehead atoms. The van der Waals surface area contributed by atoms with Crippen LogP contribution < -0.4 is 21.1 Å². The summed E-state index contributed by atoms with van der Waals surface area (Å²) in [5.74, 6) is 0. The first-order chi connectivity index (χ1) is 28.8. The molecule has 1 aromatic heterocycles. The van der Waals surface area contributed by atoms with Crippen molar-refractivity contribution in [3.8, 4) is 22.3 Å². The zero-order chi connectivity index (χ0) is 41.1.